The van der Waals surface area contributed by atoms with E-state index in [1.54, 1.807) is 25.7 Å². The van der Waals surface area contributed by atoms with E-state index in [1.165, 1.54) is 12.0 Å². The predicted octanol–water partition coefficient (Wildman–Crippen LogP) is 11.8. The number of hydrogen-bond donors (Lipinski definition) is 3. The van der Waals surface area contributed by atoms with Crippen LogP contribution in [-0.2, 0) is 25.8 Å². The molecule has 520 valence electrons. The lowest BCUT2D eigenvalue weighted by Gasteiger charge is -2.56. The van der Waals surface area contributed by atoms with E-state index in [9.17, 15) is 0 Å². The van der Waals surface area contributed by atoms with E-state index in [2.05, 4.69) is 130 Å². The van der Waals surface area contributed by atoms with Crippen LogP contribution >= 0.6 is 0 Å². The van der Waals surface area contributed by atoms with E-state index in [0.717, 1.165) is 185 Å². The Morgan fingerprint density at radius 1 is 0.422 bits per heavy atom. The Balaban J connectivity index is 0.000000130. The van der Waals surface area contributed by atoms with Crippen LogP contribution in [0.5, 0.6) is 17.4 Å². The lowest BCUT2D eigenvalue weighted by molar-refractivity contribution is -0.00868. The molecule has 0 amide bonds. The number of aromatic amines is 3. The van der Waals surface area contributed by atoms with Gasteiger partial charge in [-0.1, -0.05) is 18.2 Å². The molecule has 1 aromatic carbocycles. The first kappa shape index (κ1) is 67.8. The number of rotatable bonds is 19. The average molecular weight is 1360 g/mol. The molecule has 102 heavy (non-hydrogen) atoms. The van der Waals surface area contributed by atoms with Crippen molar-refractivity contribution in [3.63, 3.8) is 0 Å². The zero-order valence-electron chi connectivity index (χ0n) is 58.8. The third-order valence-corrected chi connectivity index (χ3v) is 18.7. The van der Waals surface area contributed by atoms with Crippen LogP contribution in [0.25, 0.3) is 34.2 Å². The van der Waals surface area contributed by atoms with Crippen molar-refractivity contribution >= 4 is 17.5 Å². The molecule has 5 aliphatic rings. The van der Waals surface area contributed by atoms with Crippen LogP contribution in [0, 0.1) is 41.5 Å². The van der Waals surface area contributed by atoms with Crippen molar-refractivity contribution in [3.05, 3.63) is 238 Å². The highest BCUT2D eigenvalue weighted by atomic mass is 16.5. The van der Waals surface area contributed by atoms with Gasteiger partial charge in [-0.2, -0.15) is 15.3 Å². The number of pyridine rings is 5. The molecule has 17 rings (SSSR count). The number of nitrogens with one attached hydrogen (secondary N) is 3. The number of fused-ring (bicyclic) bond motifs is 2. The zero-order chi connectivity index (χ0) is 69.9. The second-order valence-electron chi connectivity index (χ2n) is 26.8. The molecule has 0 spiro atoms. The molecule has 3 N–H and O–H groups in total. The molecule has 2 atom stereocenters. The topological polar surface area (TPSA) is 268 Å². The fraction of sp³-hybridized carbons (Fsp3) is 0.333. The number of methoxy groups -OCH3 is 1. The number of H-pyrrole nitrogens is 3. The highest BCUT2D eigenvalue weighted by Gasteiger charge is 2.44. The Morgan fingerprint density at radius 3 is 1.27 bits per heavy atom. The minimum atomic E-state index is 0.188. The van der Waals surface area contributed by atoms with Crippen molar-refractivity contribution in [2.45, 2.75) is 124 Å². The van der Waals surface area contributed by atoms with E-state index < -0.39 is 0 Å². The number of piperidine rings is 3. The van der Waals surface area contributed by atoms with Gasteiger partial charge in [-0.05, 0) is 157 Å². The molecule has 5 aliphatic heterocycles. The summed E-state index contributed by atoms with van der Waals surface area (Å²) < 4.78 is 17.3. The average Bonchev–Trinajstić information content (AvgIpc) is 0.842. The fourth-order valence-electron chi connectivity index (χ4n) is 13.6. The fourth-order valence-corrected chi connectivity index (χ4v) is 13.6. The van der Waals surface area contributed by atoms with Gasteiger partial charge < -0.3 is 28.9 Å². The summed E-state index contributed by atoms with van der Waals surface area (Å²) in [5.74, 6) is 7.49. The van der Waals surface area contributed by atoms with Gasteiger partial charge in [-0.15, -0.1) is 0 Å². The smallest absolute Gasteiger partial charge is 0.213 e. The molecule has 11 aromatic heterocycles. The Bertz CT molecular complexity index is 4490. The molecule has 2 bridgehead atoms. The minimum absolute atomic E-state index is 0.188. The molecule has 2 unspecified atom stereocenters. The van der Waals surface area contributed by atoms with Crippen LogP contribution in [0.2, 0.25) is 0 Å². The second-order valence-corrected chi connectivity index (χ2v) is 26.8. The van der Waals surface area contributed by atoms with Gasteiger partial charge in [0.2, 0.25) is 5.88 Å². The molecule has 5 saturated heterocycles. The van der Waals surface area contributed by atoms with Gasteiger partial charge in [-0.3, -0.25) is 25.2 Å². The van der Waals surface area contributed by atoms with Gasteiger partial charge in [0.25, 0.3) is 0 Å². The molecule has 0 saturated carbocycles. The molecule has 12 aromatic rings. The Kier molecular flexibility index (Phi) is 20.9. The summed E-state index contributed by atoms with van der Waals surface area (Å²) in [5, 5.41) is 21.9. The minimum Gasteiger partial charge on any atom is -0.497 e. The van der Waals surface area contributed by atoms with E-state index in [-0.39, 0.29) is 12.2 Å². The third-order valence-electron chi connectivity index (χ3n) is 18.7. The van der Waals surface area contributed by atoms with Crippen molar-refractivity contribution in [1.82, 2.24) is 90.3 Å². The van der Waals surface area contributed by atoms with Gasteiger partial charge >= 0.3 is 0 Å². The standard InChI is InChI=1S/C28H31N7O.2C25H27N7O/c1-18-10-22(12-23-11-19(2)32-33-23)31-28(30-18)21-6-9-27(29-14-21)34-16-24-13-25(17-34)35(24)15-20-4-7-26(36-3)8-5-20;1-17-12-20(14-21-13-18(2)30-31-21)29-25(28-17)19-5-6-24(27-15-19)32-10-7-22(8-11-32)33-23-4-3-9-26-16-23;1-17-13-20(15-21-14-18(2)30-31-21)29-25(28-17)19-6-7-23(27-16-19)32-11-8-22(9-12-32)33-24-5-3-4-10-26-24/h4-11,14,24-25H,12-13,15-17H2,1-3H3,(H,32,33);3-6,9,12-13,15-16,22H,7-8,10-11,14H2,1-2H3,(H,30,31);3-7,10,13-14,16,22H,8-9,11-12,15H2,1-2H3,(H,30,31). The first-order valence-corrected chi connectivity index (χ1v) is 35.0. The summed E-state index contributed by atoms with van der Waals surface area (Å²) in [6, 6.07) is 43.7. The van der Waals surface area contributed by atoms with Gasteiger partial charge in [0.05, 0.1) is 47.5 Å². The SMILES string of the molecule is COc1ccc(CN2C3CC2CN(c2ccc(-c4nc(C)cc(Cc5cc(C)[nH]n5)n4)cn2)C3)cc1.Cc1cc(Cc2cc(C)[nH]n2)nc(-c2ccc(N3CCC(Oc4ccccn4)CC3)nc2)n1.Cc1cc(Cc2cc(C)[nH]n2)nc(-c2ccc(N3CCC(Oc4cccnc4)CC3)nc2)n1. The van der Waals surface area contributed by atoms with Crippen molar-refractivity contribution in [1.29, 1.82) is 0 Å². The molecule has 0 radical (unpaired) electrons. The number of ether oxygens (including phenoxy) is 3. The second kappa shape index (κ2) is 31.4. The quantitative estimate of drug-likeness (QED) is 0.0679. The van der Waals surface area contributed by atoms with E-state index >= 15 is 0 Å². The number of aromatic nitrogens is 17. The zero-order valence-corrected chi connectivity index (χ0v) is 58.8. The first-order chi connectivity index (χ1) is 49.8. The third kappa shape index (κ3) is 17.4. The largest absolute Gasteiger partial charge is 0.497 e. The monoisotopic (exact) mass is 1360 g/mol. The van der Waals surface area contributed by atoms with E-state index in [1.807, 2.05) is 133 Å². The van der Waals surface area contributed by atoms with Crippen LogP contribution < -0.4 is 28.9 Å². The Labute approximate surface area is 594 Å². The molecule has 16 heterocycles. The number of benzene rings is 1. The lowest BCUT2D eigenvalue weighted by atomic mass is 9.86. The van der Waals surface area contributed by atoms with Crippen molar-refractivity contribution in [3.8, 4) is 51.5 Å². The van der Waals surface area contributed by atoms with Crippen LogP contribution in [0.4, 0.5) is 17.5 Å². The summed E-state index contributed by atoms with van der Waals surface area (Å²) in [6.45, 7) is 18.6. The van der Waals surface area contributed by atoms with Crippen molar-refractivity contribution < 1.29 is 14.2 Å². The first-order valence-electron chi connectivity index (χ1n) is 35.0. The maximum atomic E-state index is 6.05. The van der Waals surface area contributed by atoms with E-state index in [4.69, 9.17) is 44.1 Å². The van der Waals surface area contributed by atoms with Gasteiger partial charge in [0.1, 0.15) is 41.2 Å². The summed E-state index contributed by atoms with van der Waals surface area (Å²) in [4.78, 5) is 60.5. The van der Waals surface area contributed by atoms with Gasteiger partial charge in [0.15, 0.2) is 17.5 Å². The van der Waals surface area contributed by atoms with Crippen molar-refractivity contribution in [2.24, 2.45) is 0 Å². The number of hydrogen-bond acceptors (Lipinski definition) is 21. The Morgan fingerprint density at radius 2 is 0.882 bits per heavy atom. The van der Waals surface area contributed by atoms with Crippen LogP contribution in [0.1, 0.15) is 106 Å². The van der Waals surface area contributed by atoms with Crippen LogP contribution in [0.3, 0.4) is 0 Å². The predicted molar refractivity (Wildman–Crippen MR) is 392 cm³/mol. The highest BCUT2D eigenvalue weighted by molar-refractivity contribution is 5.60. The molecule has 24 nitrogen and oxygen atoms in total. The summed E-state index contributed by atoms with van der Waals surface area (Å²) in [7, 11) is 1.71. The molecular weight excluding hydrogens is 1280 g/mol. The maximum absolute atomic E-state index is 6.05. The number of anilines is 3. The maximum Gasteiger partial charge on any atom is 0.213 e. The molecular formula is C78H85N21O3. The van der Waals surface area contributed by atoms with Crippen LogP contribution in [0.15, 0.2) is 165 Å². The lowest BCUT2D eigenvalue weighted by Crippen LogP contribution is -2.68. The molecule has 0 aliphatic carbocycles. The summed E-state index contributed by atoms with van der Waals surface area (Å²) in [6.07, 6.45) is 18.4. The number of aryl methyl sites for hydroxylation is 6. The molecule has 24 heteroatoms. The van der Waals surface area contributed by atoms with Crippen molar-refractivity contribution in [2.75, 3.05) is 61.1 Å². The molecule has 5 fully saturated rings. The van der Waals surface area contributed by atoms with Crippen LogP contribution in [-0.4, -0.2) is 161 Å². The Hall–Kier alpha value is -11.4. The van der Waals surface area contributed by atoms with Gasteiger partial charge in [-0.25, -0.2) is 49.8 Å². The highest BCUT2D eigenvalue weighted by Crippen LogP contribution is 2.36. The normalized spacial score (nSPS) is 16.1. The summed E-state index contributed by atoms with van der Waals surface area (Å²) in [5.41, 5.74) is 15.8. The summed E-state index contributed by atoms with van der Waals surface area (Å²) >= 11 is 0. The number of nitrogens with zero attached hydrogens (tertiary/aromatic N) is 18. The van der Waals surface area contributed by atoms with Gasteiger partial charge in [0, 0.05) is 191 Å². The van der Waals surface area contributed by atoms with E-state index in [0.29, 0.717) is 54.7 Å². The number of piperazine rings is 1.